The Balaban J connectivity index is 1.83. The van der Waals surface area contributed by atoms with Crippen LogP contribution in [0.4, 0.5) is 0 Å². The van der Waals surface area contributed by atoms with Gasteiger partial charge in [0.2, 0.25) is 5.91 Å². The Morgan fingerprint density at radius 2 is 1.76 bits per heavy atom. The molecule has 0 saturated heterocycles. The molecule has 3 nitrogen and oxygen atoms in total. The van der Waals surface area contributed by atoms with Gasteiger partial charge in [0.05, 0.1) is 6.04 Å². The van der Waals surface area contributed by atoms with E-state index in [4.69, 9.17) is 0 Å². The van der Waals surface area contributed by atoms with E-state index in [2.05, 4.69) is 45.6 Å². The van der Waals surface area contributed by atoms with Gasteiger partial charge in [-0.3, -0.25) is 10.1 Å². The highest BCUT2D eigenvalue weighted by atomic mass is 79.9. The summed E-state index contributed by atoms with van der Waals surface area (Å²) in [6, 6.07) is 8.57. The first-order chi connectivity index (χ1) is 10.1. The first-order valence-electron chi connectivity index (χ1n) is 7.88. The molecule has 2 rings (SSSR count). The molecular weight excluding hydrogens is 328 g/mol. The van der Waals surface area contributed by atoms with Crippen molar-refractivity contribution in [1.29, 1.82) is 0 Å². The lowest BCUT2D eigenvalue weighted by molar-refractivity contribution is -0.123. The molecule has 1 aromatic rings. The number of rotatable bonds is 5. The molecule has 1 amide bonds. The molecule has 2 N–H and O–H groups in total. The Morgan fingerprint density at radius 3 is 2.38 bits per heavy atom. The molecule has 1 saturated carbocycles. The summed E-state index contributed by atoms with van der Waals surface area (Å²) < 4.78 is 1.07. The average Bonchev–Trinajstić information content (AvgIpc) is 2.48. The van der Waals surface area contributed by atoms with Crippen molar-refractivity contribution in [3.63, 3.8) is 0 Å². The Morgan fingerprint density at radius 1 is 1.14 bits per heavy atom. The third kappa shape index (κ3) is 5.11. The molecule has 0 bridgehead atoms. The molecule has 21 heavy (non-hydrogen) atoms. The lowest BCUT2D eigenvalue weighted by atomic mass is 9.95. The number of hydrogen-bond donors (Lipinski definition) is 2. The number of nitrogens with one attached hydrogen (secondary N) is 2. The first kappa shape index (κ1) is 16.5. The molecule has 2 atom stereocenters. The van der Waals surface area contributed by atoms with Gasteiger partial charge in [-0.2, -0.15) is 0 Å². The maximum Gasteiger partial charge on any atom is 0.237 e. The van der Waals surface area contributed by atoms with Gasteiger partial charge in [-0.1, -0.05) is 47.3 Å². The zero-order valence-electron chi connectivity index (χ0n) is 12.9. The van der Waals surface area contributed by atoms with Gasteiger partial charge >= 0.3 is 0 Å². The van der Waals surface area contributed by atoms with Crippen molar-refractivity contribution >= 4 is 21.8 Å². The molecule has 1 aromatic carbocycles. The smallest absolute Gasteiger partial charge is 0.237 e. The monoisotopic (exact) mass is 352 g/mol. The molecule has 0 aromatic heterocycles. The van der Waals surface area contributed by atoms with Crippen LogP contribution in [0.2, 0.25) is 0 Å². The van der Waals surface area contributed by atoms with Gasteiger partial charge in [0.1, 0.15) is 0 Å². The fraction of sp³-hybridized carbons (Fsp3) is 0.588. The number of carbonyl (C=O) groups is 1. The van der Waals surface area contributed by atoms with E-state index in [1.807, 2.05) is 19.1 Å². The standard InChI is InChI=1S/C17H25BrN2O/c1-12(14-8-10-15(18)11-9-14)19-13(2)17(21)20-16-6-4-3-5-7-16/h8-13,16,19H,3-7H2,1-2H3,(H,20,21)/t12-,13?/m0/s1. The van der Waals surface area contributed by atoms with Crippen LogP contribution in [0.25, 0.3) is 0 Å². The van der Waals surface area contributed by atoms with E-state index in [0.717, 1.165) is 17.3 Å². The summed E-state index contributed by atoms with van der Waals surface area (Å²) in [5, 5.41) is 6.55. The topological polar surface area (TPSA) is 41.1 Å². The normalized spacial score (nSPS) is 19.0. The van der Waals surface area contributed by atoms with E-state index in [9.17, 15) is 4.79 Å². The maximum absolute atomic E-state index is 12.3. The van der Waals surface area contributed by atoms with Crippen LogP contribution in [-0.4, -0.2) is 18.0 Å². The lowest BCUT2D eigenvalue weighted by Gasteiger charge is -2.26. The average molecular weight is 353 g/mol. The summed E-state index contributed by atoms with van der Waals surface area (Å²) in [7, 11) is 0. The van der Waals surface area contributed by atoms with Crippen molar-refractivity contribution in [3.05, 3.63) is 34.3 Å². The van der Waals surface area contributed by atoms with Crippen molar-refractivity contribution in [2.75, 3.05) is 0 Å². The van der Waals surface area contributed by atoms with Gasteiger partial charge in [-0.15, -0.1) is 0 Å². The Kier molecular flexibility index (Phi) is 6.24. The van der Waals surface area contributed by atoms with E-state index in [-0.39, 0.29) is 18.0 Å². The fourth-order valence-electron chi connectivity index (χ4n) is 2.87. The predicted octanol–water partition coefficient (Wildman–Crippen LogP) is 3.94. The zero-order chi connectivity index (χ0) is 15.2. The summed E-state index contributed by atoms with van der Waals surface area (Å²) in [5.41, 5.74) is 1.19. The van der Waals surface area contributed by atoms with Crippen LogP contribution in [0.1, 0.15) is 57.6 Å². The molecule has 1 aliphatic carbocycles. The van der Waals surface area contributed by atoms with Crippen LogP contribution in [0.5, 0.6) is 0 Å². The summed E-state index contributed by atoms with van der Waals surface area (Å²) >= 11 is 3.44. The molecule has 0 aliphatic heterocycles. The third-order valence-corrected chi connectivity index (χ3v) is 4.74. The van der Waals surface area contributed by atoms with Gasteiger partial charge in [0.25, 0.3) is 0 Å². The van der Waals surface area contributed by atoms with Gasteiger partial charge < -0.3 is 5.32 Å². The predicted molar refractivity (Wildman–Crippen MR) is 90.2 cm³/mol. The van der Waals surface area contributed by atoms with E-state index in [1.165, 1.54) is 24.8 Å². The quantitative estimate of drug-likeness (QED) is 0.842. The van der Waals surface area contributed by atoms with Gasteiger partial charge in [-0.05, 0) is 44.4 Å². The van der Waals surface area contributed by atoms with Gasteiger partial charge in [-0.25, -0.2) is 0 Å². The van der Waals surface area contributed by atoms with E-state index in [1.54, 1.807) is 0 Å². The highest BCUT2D eigenvalue weighted by Crippen LogP contribution is 2.18. The second-order valence-electron chi connectivity index (χ2n) is 6.01. The fourth-order valence-corrected chi connectivity index (χ4v) is 3.14. The van der Waals surface area contributed by atoms with Crippen LogP contribution < -0.4 is 10.6 Å². The van der Waals surface area contributed by atoms with Crippen LogP contribution >= 0.6 is 15.9 Å². The van der Waals surface area contributed by atoms with Crippen molar-refractivity contribution < 1.29 is 4.79 Å². The summed E-state index contributed by atoms with van der Waals surface area (Å²) in [6.07, 6.45) is 6.03. The van der Waals surface area contributed by atoms with E-state index >= 15 is 0 Å². The van der Waals surface area contributed by atoms with Crippen molar-refractivity contribution in [1.82, 2.24) is 10.6 Å². The van der Waals surface area contributed by atoms with Gasteiger partial charge in [0.15, 0.2) is 0 Å². The molecule has 0 spiro atoms. The number of hydrogen-bond acceptors (Lipinski definition) is 2. The molecule has 0 radical (unpaired) electrons. The third-order valence-electron chi connectivity index (χ3n) is 4.21. The SMILES string of the molecule is CC(N[C@@H](C)c1ccc(Br)cc1)C(=O)NC1CCCCC1. The molecule has 0 heterocycles. The number of amides is 1. The molecular formula is C17H25BrN2O. The Labute approximate surface area is 136 Å². The largest absolute Gasteiger partial charge is 0.352 e. The molecule has 4 heteroatoms. The second kappa shape index (κ2) is 7.95. The molecule has 1 aliphatic rings. The van der Waals surface area contributed by atoms with Crippen LogP contribution in [0.3, 0.4) is 0 Å². The minimum absolute atomic E-state index is 0.117. The van der Waals surface area contributed by atoms with Crippen molar-refractivity contribution in [2.24, 2.45) is 0 Å². The van der Waals surface area contributed by atoms with Crippen LogP contribution in [-0.2, 0) is 4.79 Å². The zero-order valence-corrected chi connectivity index (χ0v) is 14.4. The Bertz CT molecular complexity index is 454. The minimum atomic E-state index is -0.175. The molecule has 1 unspecified atom stereocenters. The number of carbonyl (C=O) groups excluding carboxylic acids is 1. The highest BCUT2D eigenvalue weighted by molar-refractivity contribution is 9.10. The van der Waals surface area contributed by atoms with Crippen molar-refractivity contribution in [3.8, 4) is 0 Å². The first-order valence-corrected chi connectivity index (χ1v) is 8.67. The summed E-state index contributed by atoms with van der Waals surface area (Å²) in [6.45, 7) is 4.03. The Hall–Kier alpha value is -0.870. The van der Waals surface area contributed by atoms with Crippen LogP contribution in [0.15, 0.2) is 28.7 Å². The second-order valence-corrected chi connectivity index (χ2v) is 6.92. The summed E-state index contributed by atoms with van der Waals surface area (Å²) in [4.78, 5) is 12.3. The van der Waals surface area contributed by atoms with Crippen molar-refractivity contribution in [2.45, 2.75) is 64.1 Å². The molecule has 1 fully saturated rings. The van der Waals surface area contributed by atoms with E-state index < -0.39 is 0 Å². The number of halogens is 1. The number of benzene rings is 1. The maximum atomic E-state index is 12.3. The van der Waals surface area contributed by atoms with E-state index in [0.29, 0.717) is 6.04 Å². The highest BCUT2D eigenvalue weighted by Gasteiger charge is 2.20. The molecule has 116 valence electrons. The van der Waals surface area contributed by atoms with Crippen LogP contribution in [0, 0.1) is 0 Å². The lowest BCUT2D eigenvalue weighted by Crippen LogP contribution is -2.47. The minimum Gasteiger partial charge on any atom is -0.352 e. The summed E-state index contributed by atoms with van der Waals surface area (Å²) in [5.74, 6) is 0.117. The van der Waals surface area contributed by atoms with Gasteiger partial charge in [0, 0.05) is 16.6 Å².